The van der Waals surface area contributed by atoms with Gasteiger partial charge >= 0.3 is 5.97 Å². The maximum Gasteiger partial charge on any atom is 0.335 e. The quantitative estimate of drug-likeness (QED) is 0.682. The lowest BCUT2D eigenvalue weighted by atomic mass is 10.2. The van der Waals surface area contributed by atoms with Crippen LogP contribution in [0.1, 0.15) is 37.3 Å². The van der Waals surface area contributed by atoms with Crippen LogP contribution in [-0.4, -0.2) is 30.3 Å². The highest BCUT2D eigenvalue weighted by atomic mass is 32.1. The van der Waals surface area contributed by atoms with Crippen LogP contribution in [0.25, 0.3) is 0 Å². The van der Waals surface area contributed by atoms with Crippen molar-refractivity contribution < 1.29 is 14.3 Å². The van der Waals surface area contributed by atoms with E-state index in [1.165, 1.54) is 4.88 Å². The average molecular weight is 271 g/mol. The van der Waals surface area contributed by atoms with Crippen molar-refractivity contribution in [1.29, 1.82) is 0 Å². The molecule has 0 saturated carbocycles. The fraction of sp³-hybridized carbons (Fsp3) is 0.692. The molecule has 0 N–H and O–H groups in total. The van der Waals surface area contributed by atoms with Gasteiger partial charge in [0.05, 0.1) is 24.4 Å². The van der Waals surface area contributed by atoms with Crippen molar-refractivity contribution in [2.45, 2.75) is 46.1 Å². The van der Waals surface area contributed by atoms with Gasteiger partial charge in [0.15, 0.2) is 6.10 Å². The average Bonchev–Trinajstić information content (AvgIpc) is 2.74. The number of ether oxygens (including phenoxy) is 2. The molecule has 102 valence electrons. The first-order valence-electron chi connectivity index (χ1n) is 6.36. The maximum atomic E-state index is 11.6. The smallest absolute Gasteiger partial charge is 0.335 e. The second-order valence-corrected chi connectivity index (χ2v) is 4.95. The highest BCUT2D eigenvalue weighted by Gasteiger charge is 2.19. The lowest BCUT2D eigenvalue weighted by molar-refractivity contribution is -0.157. The number of hydrogen-bond acceptors (Lipinski definition) is 5. The third kappa shape index (κ3) is 4.74. The highest BCUT2D eigenvalue weighted by molar-refractivity contribution is 7.09. The molecule has 1 aromatic heterocycles. The predicted molar refractivity (Wildman–Crippen MR) is 71.8 cm³/mol. The van der Waals surface area contributed by atoms with Gasteiger partial charge in [-0.1, -0.05) is 13.3 Å². The molecular formula is C13H21NO3S. The molecule has 1 rings (SSSR count). The van der Waals surface area contributed by atoms with E-state index in [4.69, 9.17) is 9.47 Å². The lowest BCUT2D eigenvalue weighted by Gasteiger charge is -2.15. The Morgan fingerprint density at radius 2 is 2.28 bits per heavy atom. The molecule has 1 heterocycles. The van der Waals surface area contributed by atoms with Gasteiger partial charge in [-0.25, -0.2) is 9.78 Å². The fourth-order valence-corrected chi connectivity index (χ4v) is 2.39. The summed E-state index contributed by atoms with van der Waals surface area (Å²) in [5, 5.41) is 0. The summed E-state index contributed by atoms with van der Waals surface area (Å²) in [6.45, 7) is 6.76. The number of esters is 1. The molecule has 0 aromatic carbocycles. The number of rotatable bonds is 8. The summed E-state index contributed by atoms with van der Waals surface area (Å²) in [7, 11) is 0. The minimum absolute atomic E-state index is 0.250. The third-order valence-corrected chi connectivity index (χ3v) is 3.59. The van der Waals surface area contributed by atoms with Gasteiger partial charge in [-0.05, 0) is 20.3 Å². The largest absolute Gasteiger partial charge is 0.464 e. The van der Waals surface area contributed by atoms with Crippen molar-refractivity contribution >= 4 is 17.3 Å². The first-order chi connectivity index (χ1) is 8.69. The summed E-state index contributed by atoms with van der Waals surface area (Å²) >= 11 is 1.63. The van der Waals surface area contributed by atoms with Crippen molar-refractivity contribution in [3.63, 3.8) is 0 Å². The molecule has 5 heteroatoms. The van der Waals surface area contributed by atoms with Crippen LogP contribution in [0.4, 0.5) is 0 Å². The van der Waals surface area contributed by atoms with E-state index in [1.807, 2.05) is 26.3 Å². The van der Waals surface area contributed by atoms with Crippen molar-refractivity contribution in [3.05, 3.63) is 16.1 Å². The summed E-state index contributed by atoms with van der Waals surface area (Å²) in [6.07, 6.45) is 1.99. The molecule has 0 bridgehead atoms. The molecule has 0 spiro atoms. The molecule has 0 aliphatic carbocycles. The van der Waals surface area contributed by atoms with Crippen LogP contribution < -0.4 is 0 Å². The maximum absolute atomic E-state index is 11.6. The minimum Gasteiger partial charge on any atom is -0.464 e. The second kappa shape index (κ2) is 8.21. The van der Waals surface area contributed by atoms with Gasteiger partial charge in [-0.3, -0.25) is 0 Å². The Bertz CT molecular complexity index is 365. The Labute approximate surface area is 112 Å². The summed E-state index contributed by atoms with van der Waals surface area (Å²) in [5.74, 6) is -0.250. The summed E-state index contributed by atoms with van der Waals surface area (Å²) in [4.78, 5) is 17.0. The summed E-state index contributed by atoms with van der Waals surface area (Å²) < 4.78 is 10.6. The number of carbonyl (C=O) groups is 1. The Morgan fingerprint density at radius 3 is 2.83 bits per heavy atom. The minimum atomic E-state index is -0.428. The molecule has 18 heavy (non-hydrogen) atoms. The number of nitrogens with zero attached hydrogens (tertiary/aromatic N) is 1. The molecule has 0 amide bonds. The number of hydrogen-bond donors (Lipinski definition) is 0. The van der Waals surface area contributed by atoms with Crippen molar-refractivity contribution in [3.8, 4) is 0 Å². The molecule has 1 unspecified atom stereocenters. The van der Waals surface area contributed by atoms with Crippen molar-refractivity contribution in [2.24, 2.45) is 0 Å². The zero-order valence-corrected chi connectivity index (χ0v) is 12.1. The van der Waals surface area contributed by atoms with E-state index in [2.05, 4.69) is 4.98 Å². The molecule has 0 aliphatic rings. The Kier molecular flexibility index (Phi) is 6.90. The number of aryl methyl sites for hydroxylation is 1. The molecule has 0 saturated heterocycles. The van der Waals surface area contributed by atoms with E-state index in [-0.39, 0.29) is 5.97 Å². The van der Waals surface area contributed by atoms with Crippen LogP contribution in [0.15, 0.2) is 5.51 Å². The number of thiazole rings is 1. The molecule has 4 nitrogen and oxygen atoms in total. The van der Waals surface area contributed by atoms with Gasteiger partial charge in [0.1, 0.15) is 0 Å². The topological polar surface area (TPSA) is 48.4 Å². The second-order valence-electron chi connectivity index (χ2n) is 4.01. The zero-order valence-electron chi connectivity index (χ0n) is 11.3. The zero-order chi connectivity index (χ0) is 13.4. The van der Waals surface area contributed by atoms with E-state index in [0.717, 1.165) is 18.5 Å². The highest BCUT2D eigenvalue weighted by Crippen LogP contribution is 2.14. The SMILES string of the molecule is CCCC(OCCc1scnc1C)C(=O)OCC. The Balaban J connectivity index is 2.37. The van der Waals surface area contributed by atoms with E-state index in [9.17, 15) is 4.79 Å². The third-order valence-electron chi connectivity index (χ3n) is 2.59. The van der Waals surface area contributed by atoms with Crippen LogP contribution in [-0.2, 0) is 20.7 Å². The lowest BCUT2D eigenvalue weighted by Crippen LogP contribution is -2.27. The van der Waals surface area contributed by atoms with Crippen LogP contribution in [0, 0.1) is 6.92 Å². The predicted octanol–water partition coefficient (Wildman–Crippen LogP) is 2.74. The first kappa shape index (κ1) is 15.1. The van der Waals surface area contributed by atoms with Crippen LogP contribution >= 0.6 is 11.3 Å². The standard InChI is InChI=1S/C13H21NO3S/c1-4-6-11(13(15)16-5-2)17-8-7-12-10(3)14-9-18-12/h9,11H,4-8H2,1-3H3. The van der Waals surface area contributed by atoms with E-state index in [0.29, 0.717) is 19.6 Å². The first-order valence-corrected chi connectivity index (χ1v) is 7.24. The Hall–Kier alpha value is -0.940. The van der Waals surface area contributed by atoms with Gasteiger partial charge in [-0.2, -0.15) is 0 Å². The molecule has 1 atom stereocenters. The summed E-state index contributed by atoms with van der Waals surface area (Å²) in [6, 6.07) is 0. The molecule has 0 aliphatic heterocycles. The van der Waals surface area contributed by atoms with E-state index < -0.39 is 6.10 Å². The fourth-order valence-electron chi connectivity index (χ4n) is 1.63. The molecule has 0 radical (unpaired) electrons. The summed E-state index contributed by atoms with van der Waals surface area (Å²) in [5.41, 5.74) is 2.88. The van der Waals surface area contributed by atoms with Gasteiger partial charge < -0.3 is 9.47 Å². The molecule has 0 fully saturated rings. The van der Waals surface area contributed by atoms with Crippen LogP contribution in [0.2, 0.25) is 0 Å². The molecular weight excluding hydrogens is 250 g/mol. The van der Waals surface area contributed by atoms with Crippen LogP contribution in [0.5, 0.6) is 0 Å². The van der Waals surface area contributed by atoms with Gasteiger partial charge in [-0.15, -0.1) is 11.3 Å². The molecule has 1 aromatic rings. The van der Waals surface area contributed by atoms with Gasteiger partial charge in [0, 0.05) is 11.3 Å². The number of aromatic nitrogens is 1. The van der Waals surface area contributed by atoms with Crippen molar-refractivity contribution in [1.82, 2.24) is 4.98 Å². The van der Waals surface area contributed by atoms with E-state index >= 15 is 0 Å². The number of carbonyl (C=O) groups excluding carboxylic acids is 1. The monoisotopic (exact) mass is 271 g/mol. The van der Waals surface area contributed by atoms with Crippen LogP contribution in [0.3, 0.4) is 0 Å². The Morgan fingerprint density at radius 1 is 1.50 bits per heavy atom. The normalized spacial score (nSPS) is 12.4. The van der Waals surface area contributed by atoms with Crippen molar-refractivity contribution in [2.75, 3.05) is 13.2 Å². The van der Waals surface area contributed by atoms with E-state index in [1.54, 1.807) is 11.3 Å². The van der Waals surface area contributed by atoms with Gasteiger partial charge in [0.2, 0.25) is 0 Å². The van der Waals surface area contributed by atoms with Gasteiger partial charge in [0.25, 0.3) is 0 Å².